The molecule has 10 heteroatoms. The second kappa shape index (κ2) is 8.92. The van der Waals surface area contributed by atoms with Crippen LogP contribution in [0.4, 0.5) is 8.78 Å². The van der Waals surface area contributed by atoms with E-state index in [4.69, 9.17) is 11.6 Å². The number of carbonyl (C=O) groups excluding carboxylic acids is 2. The van der Waals surface area contributed by atoms with Crippen LogP contribution in [0.2, 0.25) is 5.02 Å². The number of rotatable bonds is 4. The molecule has 0 fully saturated rings. The van der Waals surface area contributed by atoms with Crippen LogP contribution in [0, 0.1) is 17.0 Å². The second-order valence-corrected chi connectivity index (χ2v) is 8.95. The Morgan fingerprint density at radius 2 is 1.97 bits per heavy atom. The lowest BCUT2D eigenvalue weighted by atomic mass is 9.86. The summed E-state index contributed by atoms with van der Waals surface area (Å²) in [5.74, 6) is -2.38. The summed E-state index contributed by atoms with van der Waals surface area (Å²) in [7, 11) is 1.50. The molecule has 2 amide bonds. The monoisotopic (exact) mass is 453 g/mol. The van der Waals surface area contributed by atoms with Crippen molar-refractivity contribution in [2.24, 2.45) is 5.41 Å². The zero-order valence-electron chi connectivity index (χ0n) is 17.9. The Labute approximate surface area is 184 Å². The van der Waals surface area contributed by atoms with E-state index in [1.54, 1.807) is 4.57 Å². The summed E-state index contributed by atoms with van der Waals surface area (Å²) in [5, 5.41) is 8.30. The van der Waals surface area contributed by atoms with E-state index in [2.05, 4.69) is 20.9 Å². The number of imidazole rings is 1. The van der Waals surface area contributed by atoms with Crippen LogP contribution in [-0.2, 0) is 17.9 Å². The molecule has 1 aromatic carbocycles. The number of nitrogens with one attached hydrogen (secondary N) is 3. The van der Waals surface area contributed by atoms with Gasteiger partial charge in [0.25, 0.3) is 5.91 Å². The third-order valence-electron chi connectivity index (χ3n) is 5.22. The van der Waals surface area contributed by atoms with E-state index in [1.165, 1.54) is 13.1 Å². The van der Waals surface area contributed by atoms with E-state index in [-0.39, 0.29) is 28.0 Å². The lowest BCUT2D eigenvalue weighted by Gasteiger charge is -2.29. The van der Waals surface area contributed by atoms with Crippen LogP contribution in [-0.4, -0.2) is 41.0 Å². The highest BCUT2D eigenvalue weighted by atomic mass is 35.5. The minimum atomic E-state index is -0.871. The average Bonchev–Trinajstić information content (AvgIpc) is 2.88. The molecule has 7 nitrogen and oxygen atoms in total. The predicted molar refractivity (Wildman–Crippen MR) is 114 cm³/mol. The number of benzene rings is 1. The van der Waals surface area contributed by atoms with Gasteiger partial charge in [-0.05, 0) is 24.4 Å². The first-order chi connectivity index (χ1) is 14.5. The fraction of sp³-hybridized carbons (Fsp3) is 0.476. The minimum Gasteiger partial charge on any atom is -0.357 e. The number of amides is 2. The van der Waals surface area contributed by atoms with Gasteiger partial charge in [0, 0.05) is 26.2 Å². The zero-order chi connectivity index (χ0) is 22.9. The largest absolute Gasteiger partial charge is 0.357 e. The van der Waals surface area contributed by atoms with Gasteiger partial charge in [0.1, 0.15) is 23.5 Å². The molecule has 0 aliphatic carbocycles. The Bertz CT molecular complexity index is 1020. The molecule has 0 unspecified atom stereocenters. The van der Waals surface area contributed by atoms with Crippen molar-refractivity contribution < 1.29 is 18.4 Å². The van der Waals surface area contributed by atoms with Gasteiger partial charge in [-0.1, -0.05) is 32.4 Å². The molecular formula is C21H26ClF2N5O2. The van der Waals surface area contributed by atoms with Crippen molar-refractivity contribution in [3.63, 3.8) is 0 Å². The molecule has 1 aliphatic heterocycles. The van der Waals surface area contributed by atoms with Crippen LogP contribution in [0.3, 0.4) is 0 Å². The van der Waals surface area contributed by atoms with Crippen molar-refractivity contribution in [1.82, 2.24) is 25.5 Å². The van der Waals surface area contributed by atoms with Gasteiger partial charge in [-0.25, -0.2) is 13.8 Å². The molecule has 1 atom stereocenters. The van der Waals surface area contributed by atoms with Gasteiger partial charge in [-0.3, -0.25) is 9.59 Å². The SMILES string of the molecule is CNC(=O)[C@@H](NC(=O)c1nc(-c2cc(Cl)c(F)cc2F)n2c1CNCCC2)C(C)(C)C. The Morgan fingerprint density at radius 3 is 2.61 bits per heavy atom. The maximum atomic E-state index is 14.6. The normalized spacial score (nSPS) is 15.1. The van der Waals surface area contributed by atoms with Crippen LogP contribution >= 0.6 is 11.6 Å². The third-order valence-corrected chi connectivity index (χ3v) is 5.51. The van der Waals surface area contributed by atoms with Gasteiger partial charge < -0.3 is 20.5 Å². The first kappa shape index (κ1) is 23.1. The molecule has 0 saturated heterocycles. The Hall–Kier alpha value is -2.52. The summed E-state index contributed by atoms with van der Waals surface area (Å²) in [6, 6.07) is 1.07. The number of fused-ring (bicyclic) bond motifs is 1. The smallest absolute Gasteiger partial charge is 0.272 e. The van der Waals surface area contributed by atoms with E-state index in [0.29, 0.717) is 31.4 Å². The van der Waals surface area contributed by atoms with Crippen LogP contribution in [0.25, 0.3) is 11.4 Å². The Kier molecular flexibility index (Phi) is 6.66. The molecule has 1 aromatic heterocycles. The second-order valence-electron chi connectivity index (χ2n) is 8.55. The van der Waals surface area contributed by atoms with Crippen LogP contribution in [0.5, 0.6) is 0 Å². The summed E-state index contributed by atoms with van der Waals surface area (Å²) in [6.07, 6.45) is 0.733. The maximum absolute atomic E-state index is 14.6. The summed E-state index contributed by atoms with van der Waals surface area (Å²) in [6.45, 7) is 7.05. The summed E-state index contributed by atoms with van der Waals surface area (Å²) in [5.41, 5.74) is 0.105. The van der Waals surface area contributed by atoms with Crippen molar-refractivity contribution in [3.8, 4) is 11.4 Å². The molecular weight excluding hydrogens is 428 g/mol. The van der Waals surface area contributed by atoms with E-state index in [9.17, 15) is 18.4 Å². The first-order valence-electron chi connectivity index (χ1n) is 10.0. The maximum Gasteiger partial charge on any atom is 0.272 e. The predicted octanol–water partition coefficient (Wildman–Crippen LogP) is 2.87. The number of halogens is 3. The molecule has 2 heterocycles. The van der Waals surface area contributed by atoms with Gasteiger partial charge in [0.15, 0.2) is 5.69 Å². The van der Waals surface area contributed by atoms with E-state index >= 15 is 0 Å². The number of likely N-dealkylation sites (N-methyl/N-ethyl adjacent to an activating group) is 1. The molecule has 2 aromatic rings. The van der Waals surface area contributed by atoms with Gasteiger partial charge >= 0.3 is 0 Å². The van der Waals surface area contributed by atoms with E-state index in [0.717, 1.165) is 6.42 Å². The lowest BCUT2D eigenvalue weighted by molar-refractivity contribution is -0.124. The summed E-state index contributed by atoms with van der Waals surface area (Å²) in [4.78, 5) is 29.9. The summed E-state index contributed by atoms with van der Waals surface area (Å²) >= 11 is 5.88. The van der Waals surface area contributed by atoms with Crippen LogP contribution < -0.4 is 16.0 Å². The lowest BCUT2D eigenvalue weighted by Crippen LogP contribution is -2.53. The molecule has 3 N–H and O–H groups in total. The summed E-state index contributed by atoms with van der Waals surface area (Å²) < 4.78 is 30.0. The fourth-order valence-corrected chi connectivity index (χ4v) is 3.74. The van der Waals surface area contributed by atoms with Crippen LogP contribution in [0.15, 0.2) is 12.1 Å². The van der Waals surface area contributed by atoms with E-state index < -0.39 is 29.0 Å². The van der Waals surface area contributed by atoms with Crippen molar-refractivity contribution >= 4 is 23.4 Å². The van der Waals surface area contributed by atoms with Gasteiger partial charge in [-0.15, -0.1) is 0 Å². The van der Waals surface area contributed by atoms with Crippen molar-refractivity contribution in [1.29, 1.82) is 0 Å². The topological polar surface area (TPSA) is 88.1 Å². The molecule has 1 aliphatic rings. The Morgan fingerprint density at radius 1 is 1.26 bits per heavy atom. The minimum absolute atomic E-state index is 0.00673. The number of hydrogen-bond acceptors (Lipinski definition) is 4. The number of carbonyl (C=O) groups is 2. The highest BCUT2D eigenvalue weighted by Crippen LogP contribution is 2.30. The number of aromatic nitrogens is 2. The Balaban J connectivity index is 2.09. The average molecular weight is 454 g/mol. The van der Waals surface area contributed by atoms with Gasteiger partial charge in [0.2, 0.25) is 5.91 Å². The van der Waals surface area contributed by atoms with E-state index in [1.807, 2.05) is 20.8 Å². The molecule has 0 bridgehead atoms. The highest BCUT2D eigenvalue weighted by Gasteiger charge is 2.34. The molecule has 0 saturated carbocycles. The van der Waals surface area contributed by atoms with Crippen LogP contribution in [0.1, 0.15) is 43.4 Å². The molecule has 31 heavy (non-hydrogen) atoms. The number of nitrogens with zero attached hydrogens (tertiary/aromatic N) is 2. The van der Waals surface area contributed by atoms with Crippen molar-refractivity contribution in [2.45, 2.75) is 46.3 Å². The highest BCUT2D eigenvalue weighted by molar-refractivity contribution is 6.31. The zero-order valence-corrected chi connectivity index (χ0v) is 18.7. The number of hydrogen-bond donors (Lipinski definition) is 3. The van der Waals surface area contributed by atoms with Gasteiger partial charge in [-0.2, -0.15) is 0 Å². The molecule has 168 valence electrons. The van der Waals surface area contributed by atoms with Gasteiger partial charge in [0.05, 0.1) is 16.3 Å². The fourth-order valence-electron chi connectivity index (χ4n) is 3.58. The third kappa shape index (κ3) is 4.72. The molecule has 0 spiro atoms. The molecule has 3 rings (SSSR count). The molecule has 0 radical (unpaired) electrons. The van der Waals surface area contributed by atoms with Crippen molar-refractivity contribution in [2.75, 3.05) is 13.6 Å². The standard InChI is InChI=1S/C21H26ClF2N5O2/c1-21(2,3)17(20(31)25-4)28-19(30)16-15-10-26-6-5-7-29(15)18(27-16)11-8-12(22)14(24)9-13(11)23/h8-9,17,26H,5-7,10H2,1-4H3,(H,25,31)(H,28,30)/t17-/m1/s1. The van der Waals surface area contributed by atoms with Crippen molar-refractivity contribution in [3.05, 3.63) is 40.2 Å². The first-order valence-corrected chi connectivity index (χ1v) is 10.4. The quantitative estimate of drug-likeness (QED) is 0.621.